The van der Waals surface area contributed by atoms with Gasteiger partial charge < -0.3 is 10.2 Å². The fraction of sp³-hybridized carbons (Fsp3) is 0.318. The van der Waals surface area contributed by atoms with Gasteiger partial charge in [0.2, 0.25) is 5.54 Å². The summed E-state index contributed by atoms with van der Waals surface area (Å²) in [6.45, 7) is 0.366. The lowest BCUT2D eigenvalue weighted by molar-refractivity contribution is -0.215. The number of urea groups is 1. The SMILES string of the molecule is O=C(Nc1ccc(F)cc1)Nc1nc2ccc(C3(C(F)(F)F)NC[C@H]4CCCN4C3=O)cc2s1. The number of carbonyl (C=O) groups is 2. The van der Waals surface area contributed by atoms with E-state index in [0.717, 1.165) is 11.3 Å². The van der Waals surface area contributed by atoms with Crippen LogP contribution in [0.5, 0.6) is 0 Å². The Labute approximate surface area is 195 Å². The molecule has 2 atom stereocenters. The van der Waals surface area contributed by atoms with E-state index in [9.17, 15) is 27.2 Å². The van der Waals surface area contributed by atoms with Crippen molar-refractivity contribution in [1.29, 1.82) is 0 Å². The van der Waals surface area contributed by atoms with Gasteiger partial charge in [-0.2, -0.15) is 13.2 Å². The molecule has 0 bridgehead atoms. The molecule has 12 heteroatoms. The van der Waals surface area contributed by atoms with Crippen LogP contribution in [0, 0.1) is 5.82 Å². The lowest BCUT2D eigenvalue weighted by Crippen LogP contribution is -2.70. The van der Waals surface area contributed by atoms with Crippen molar-refractivity contribution >= 4 is 44.3 Å². The maximum Gasteiger partial charge on any atom is 0.419 e. The van der Waals surface area contributed by atoms with Crippen LogP contribution >= 0.6 is 11.3 Å². The van der Waals surface area contributed by atoms with Gasteiger partial charge in [0.25, 0.3) is 5.91 Å². The number of anilines is 2. The predicted molar refractivity (Wildman–Crippen MR) is 119 cm³/mol. The third kappa shape index (κ3) is 3.76. The fourth-order valence-corrected chi connectivity index (χ4v) is 5.39. The van der Waals surface area contributed by atoms with Crippen LogP contribution in [-0.2, 0) is 10.3 Å². The number of nitrogens with zero attached hydrogens (tertiary/aromatic N) is 2. The third-order valence-corrected chi connectivity index (χ3v) is 7.06. The van der Waals surface area contributed by atoms with Crippen LogP contribution in [0.1, 0.15) is 18.4 Å². The molecule has 3 amide bonds. The lowest BCUT2D eigenvalue weighted by Gasteiger charge is -2.45. The Balaban J connectivity index is 1.42. The van der Waals surface area contributed by atoms with Crippen molar-refractivity contribution in [1.82, 2.24) is 15.2 Å². The van der Waals surface area contributed by atoms with Crippen LogP contribution in [-0.4, -0.2) is 47.1 Å². The number of nitrogens with one attached hydrogen (secondary N) is 3. The highest BCUT2D eigenvalue weighted by atomic mass is 32.1. The minimum Gasteiger partial charge on any atom is -0.336 e. The molecule has 7 nitrogen and oxygen atoms in total. The van der Waals surface area contributed by atoms with Gasteiger partial charge in [0, 0.05) is 24.8 Å². The Kier molecular flexibility index (Phi) is 5.44. The number of amides is 3. The normalized spacial score (nSPS) is 22.6. The highest BCUT2D eigenvalue weighted by Crippen LogP contribution is 2.45. The summed E-state index contributed by atoms with van der Waals surface area (Å²) in [5.41, 5.74) is -2.31. The number of aromatic nitrogens is 1. The molecule has 0 radical (unpaired) electrons. The third-order valence-electron chi connectivity index (χ3n) is 6.13. The standard InChI is InChI=1S/C22H19F4N5O2S/c23-13-4-6-14(7-5-13)28-19(33)30-20-29-16-8-3-12(10-17(16)34-20)21(22(24,25)26)18(32)31-9-1-2-15(31)11-27-21/h3-8,10,15,27H,1-2,9,11H2,(H2,28,29,30,33)/t15-,21?/m1/s1. The fourth-order valence-electron chi connectivity index (χ4n) is 4.49. The first-order valence-electron chi connectivity index (χ1n) is 10.5. The van der Waals surface area contributed by atoms with Crippen LogP contribution < -0.4 is 16.0 Å². The first-order valence-corrected chi connectivity index (χ1v) is 11.4. The number of hydrogen-bond acceptors (Lipinski definition) is 5. The van der Waals surface area contributed by atoms with Crippen molar-refractivity contribution in [3.63, 3.8) is 0 Å². The molecule has 1 unspecified atom stereocenters. The topological polar surface area (TPSA) is 86.4 Å². The van der Waals surface area contributed by atoms with Crippen LogP contribution in [0.25, 0.3) is 10.2 Å². The summed E-state index contributed by atoms with van der Waals surface area (Å²) in [7, 11) is 0. The number of carbonyl (C=O) groups excluding carboxylic acids is 2. The molecule has 3 heterocycles. The molecule has 2 aromatic carbocycles. The Morgan fingerprint density at radius 3 is 2.68 bits per heavy atom. The summed E-state index contributed by atoms with van der Waals surface area (Å²) in [6.07, 6.45) is -3.50. The van der Waals surface area contributed by atoms with Gasteiger partial charge in [0.15, 0.2) is 5.13 Å². The van der Waals surface area contributed by atoms with E-state index in [-0.39, 0.29) is 23.3 Å². The van der Waals surface area contributed by atoms with Crippen LogP contribution in [0.2, 0.25) is 0 Å². The second-order valence-corrected chi connectivity index (χ2v) is 9.24. The number of halogens is 4. The summed E-state index contributed by atoms with van der Waals surface area (Å²) in [6, 6.07) is 8.23. The summed E-state index contributed by atoms with van der Waals surface area (Å²) < 4.78 is 56.6. The Bertz CT molecular complexity index is 1260. The summed E-state index contributed by atoms with van der Waals surface area (Å²) in [5.74, 6) is -1.44. The van der Waals surface area contributed by atoms with Gasteiger partial charge in [-0.15, -0.1) is 0 Å². The molecule has 178 valence electrons. The first kappa shape index (κ1) is 22.5. The molecule has 0 aliphatic carbocycles. The quantitative estimate of drug-likeness (QED) is 0.471. The van der Waals surface area contributed by atoms with Gasteiger partial charge in [0.1, 0.15) is 5.82 Å². The van der Waals surface area contributed by atoms with Crippen molar-refractivity contribution in [3.8, 4) is 0 Å². The second kappa shape index (κ2) is 8.20. The van der Waals surface area contributed by atoms with Crippen LogP contribution in [0.15, 0.2) is 42.5 Å². The number of rotatable bonds is 3. The summed E-state index contributed by atoms with van der Waals surface area (Å²) in [5, 5.41) is 7.71. The van der Waals surface area contributed by atoms with Gasteiger partial charge in [-0.05, 0) is 54.8 Å². The van der Waals surface area contributed by atoms with E-state index in [1.54, 1.807) is 0 Å². The molecule has 2 saturated heterocycles. The minimum atomic E-state index is -4.86. The largest absolute Gasteiger partial charge is 0.419 e. The van der Waals surface area contributed by atoms with Gasteiger partial charge in [-0.3, -0.25) is 15.4 Å². The van der Waals surface area contributed by atoms with Gasteiger partial charge >= 0.3 is 12.2 Å². The highest BCUT2D eigenvalue weighted by molar-refractivity contribution is 7.22. The van der Waals surface area contributed by atoms with E-state index in [1.807, 2.05) is 0 Å². The first-order chi connectivity index (χ1) is 16.2. The number of thiazole rings is 1. The van der Waals surface area contributed by atoms with Gasteiger partial charge in [-0.1, -0.05) is 17.4 Å². The zero-order chi connectivity index (χ0) is 24.1. The average Bonchev–Trinajstić information content (AvgIpc) is 3.41. The summed E-state index contributed by atoms with van der Waals surface area (Å²) >= 11 is 0.984. The van der Waals surface area contributed by atoms with Crippen molar-refractivity contribution in [2.75, 3.05) is 23.7 Å². The summed E-state index contributed by atoms with van der Waals surface area (Å²) in [4.78, 5) is 30.9. The van der Waals surface area contributed by atoms with E-state index in [4.69, 9.17) is 0 Å². The molecular formula is C22H19F4N5O2S. The second-order valence-electron chi connectivity index (χ2n) is 8.21. The zero-order valence-corrected chi connectivity index (χ0v) is 18.4. The number of hydrogen-bond donors (Lipinski definition) is 3. The van der Waals surface area contributed by atoms with Crippen molar-refractivity contribution in [2.24, 2.45) is 0 Å². The zero-order valence-electron chi connectivity index (χ0n) is 17.6. The van der Waals surface area contributed by atoms with Crippen LogP contribution in [0.3, 0.4) is 0 Å². The molecular weight excluding hydrogens is 474 g/mol. The molecule has 3 N–H and O–H groups in total. The monoisotopic (exact) mass is 493 g/mol. The maximum absolute atomic E-state index is 14.4. The Morgan fingerprint density at radius 2 is 1.94 bits per heavy atom. The van der Waals surface area contributed by atoms with Crippen LogP contribution in [0.4, 0.5) is 33.2 Å². The van der Waals surface area contributed by atoms with Crippen molar-refractivity contribution in [3.05, 3.63) is 53.8 Å². The van der Waals surface area contributed by atoms with E-state index < -0.39 is 29.5 Å². The van der Waals surface area contributed by atoms with Crippen molar-refractivity contribution in [2.45, 2.75) is 30.6 Å². The van der Waals surface area contributed by atoms with Gasteiger partial charge in [-0.25, -0.2) is 14.2 Å². The average molecular weight is 493 g/mol. The number of piperazine rings is 1. The molecule has 34 heavy (non-hydrogen) atoms. The molecule has 1 aromatic heterocycles. The van der Waals surface area contributed by atoms with Crippen molar-refractivity contribution < 1.29 is 27.2 Å². The smallest absolute Gasteiger partial charge is 0.336 e. The number of benzene rings is 2. The predicted octanol–water partition coefficient (Wildman–Crippen LogP) is 4.43. The van der Waals surface area contributed by atoms with E-state index in [2.05, 4.69) is 20.9 Å². The maximum atomic E-state index is 14.4. The molecule has 2 aliphatic rings. The molecule has 3 aromatic rings. The molecule has 2 aliphatic heterocycles. The van der Waals surface area contributed by atoms with E-state index in [0.29, 0.717) is 35.3 Å². The molecule has 0 saturated carbocycles. The number of alkyl halides is 3. The lowest BCUT2D eigenvalue weighted by atomic mass is 9.84. The molecule has 0 spiro atoms. The van der Waals surface area contributed by atoms with E-state index in [1.165, 1.54) is 47.4 Å². The van der Waals surface area contributed by atoms with E-state index >= 15 is 0 Å². The molecule has 5 rings (SSSR count). The molecule has 2 fully saturated rings. The minimum absolute atomic E-state index is 0.0579. The number of fused-ring (bicyclic) bond motifs is 2. The Hall–Kier alpha value is -3.25. The van der Waals surface area contributed by atoms with Gasteiger partial charge in [0.05, 0.1) is 10.2 Å². The Morgan fingerprint density at radius 1 is 1.18 bits per heavy atom. The highest BCUT2D eigenvalue weighted by Gasteiger charge is 2.65.